The molecule has 0 aromatic heterocycles. The van der Waals surface area contributed by atoms with E-state index in [9.17, 15) is 9.18 Å². The minimum absolute atomic E-state index is 0.000640. The monoisotopic (exact) mass is 282 g/mol. The fraction of sp³-hybridized carbons (Fsp3) is 0.176. The molecule has 2 rings (SSSR count). The van der Waals surface area contributed by atoms with E-state index in [0.717, 1.165) is 5.56 Å². The van der Waals surface area contributed by atoms with Crippen molar-refractivity contribution in [2.45, 2.75) is 13.3 Å². The second kappa shape index (κ2) is 6.67. The summed E-state index contributed by atoms with van der Waals surface area (Å²) in [6.07, 6.45) is 0.285. The molecule has 0 spiro atoms. The van der Waals surface area contributed by atoms with Gasteiger partial charge >= 0.3 is 0 Å². The van der Waals surface area contributed by atoms with Gasteiger partial charge in [0.05, 0.1) is 18.2 Å². The molecule has 4 heteroatoms. The number of benzene rings is 2. The van der Waals surface area contributed by atoms with Crippen molar-refractivity contribution >= 4 is 11.5 Å². The van der Waals surface area contributed by atoms with Gasteiger partial charge in [-0.1, -0.05) is 18.2 Å². The summed E-state index contributed by atoms with van der Waals surface area (Å²) in [5, 5.41) is 11.6. The zero-order valence-electron chi connectivity index (χ0n) is 11.7. The molecule has 0 atom stereocenters. The van der Waals surface area contributed by atoms with Crippen LogP contribution in [0.25, 0.3) is 0 Å². The number of carbonyl (C=O) groups excluding carboxylic acids is 1. The second-order valence-corrected chi connectivity index (χ2v) is 4.84. The average molecular weight is 282 g/mol. The minimum Gasteiger partial charge on any atom is -0.378 e. The Balaban J connectivity index is 1.89. The predicted octanol–water partition coefficient (Wildman–Crippen LogP) is 3.23. The first-order chi connectivity index (χ1) is 10.1. The van der Waals surface area contributed by atoms with Crippen molar-refractivity contribution in [2.75, 3.05) is 11.9 Å². The largest absolute Gasteiger partial charge is 0.378 e. The van der Waals surface area contributed by atoms with Gasteiger partial charge in [-0.2, -0.15) is 5.26 Å². The minimum atomic E-state index is -0.292. The Kier molecular flexibility index (Phi) is 4.68. The number of nitriles is 1. The van der Waals surface area contributed by atoms with Crippen molar-refractivity contribution < 1.29 is 9.18 Å². The van der Waals surface area contributed by atoms with Crippen LogP contribution in [0.15, 0.2) is 42.5 Å². The molecule has 2 aromatic rings. The highest BCUT2D eigenvalue weighted by Gasteiger charge is 2.05. The molecule has 0 aliphatic rings. The molecule has 3 nitrogen and oxygen atoms in total. The zero-order valence-corrected chi connectivity index (χ0v) is 11.7. The van der Waals surface area contributed by atoms with E-state index >= 15 is 0 Å². The van der Waals surface area contributed by atoms with Crippen molar-refractivity contribution in [1.29, 1.82) is 5.26 Å². The average Bonchev–Trinajstić information content (AvgIpc) is 2.49. The molecule has 0 saturated heterocycles. The maximum absolute atomic E-state index is 13.4. The molecule has 0 bridgehead atoms. The first-order valence-electron chi connectivity index (χ1n) is 6.59. The van der Waals surface area contributed by atoms with Gasteiger partial charge in [-0.25, -0.2) is 4.39 Å². The van der Waals surface area contributed by atoms with Crippen LogP contribution in [0.4, 0.5) is 10.1 Å². The molecular weight excluding hydrogens is 267 g/mol. The predicted molar refractivity (Wildman–Crippen MR) is 79.5 cm³/mol. The number of nitrogens with zero attached hydrogens (tertiary/aromatic N) is 1. The SMILES string of the molecule is Cc1ccc(NCC(=O)Cc2ccc(C#N)cc2)cc1F. The van der Waals surface area contributed by atoms with Gasteiger partial charge in [-0.15, -0.1) is 0 Å². The number of halogens is 1. The summed E-state index contributed by atoms with van der Waals surface area (Å²) in [5.41, 5.74) is 2.59. The van der Waals surface area contributed by atoms with E-state index in [0.29, 0.717) is 16.8 Å². The van der Waals surface area contributed by atoms with E-state index in [-0.39, 0.29) is 24.6 Å². The van der Waals surface area contributed by atoms with Crippen molar-refractivity contribution in [1.82, 2.24) is 0 Å². The Morgan fingerprint density at radius 2 is 1.95 bits per heavy atom. The van der Waals surface area contributed by atoms with Crippen LogP contribution >= 0.6 is 0 Å². The number of Topliss-reactive ketones (excluding diaryl/α,β-unsaturated/α-hetero) is 1. The number of nitrogens with one attached hydrogen (secondary N) is 1. The van der Waals surface area contributed by atoms with E-state index < -0.39 is 0 Å². The van der Waals surface area contributed by atoms with Gasteiger partial charge in [0.1, 0.15) is 5.82 Å². The van der Waals surface area contributed by atoms with Crippen LogP contribution in [0.3, 0.4) is 0 Å². The van der Waals surface area contributed by atoms with Gasteiger partial charge in [0, 0.05) is 12.1 Å². The van der Waals surface area contributed by atoms with Gasteiger partial charge in [-0.05, 0) is 42.3 Å². The van der Waals surface area contributed by atoms with E-state index in [1.54, 1.807) is 43.3 Å². The summed E-state index contributed by atoms with van der Waals surface area (Å²) in [5.74, 6) is -0.291. The maximum Gasteiger partial charge on any atom is 0.156 e. The molecule has 0 fully saturated rings. The van der Waals surface area contributed by atoms with Crippen molar-refractivity contribution in [3.05, 3.63) is 65.0 Å². The number of carbonyl (C=O) groups is 1. The quantitative estimate of drug-likeness (QED) is 0.916. The molecule has 1 N–H and O–H groups in total. The van der Waals surface area contributed by atoms with Crippen LogP contribution in [-0.2, 0) is 11.2 Å². The van der Waals surface area contributed by atoms with Gasteiger partial charge in [0.25, 0.3) is 0 Å². The lowest BCUT2D eigenvalue weighted by Crippen LogP contribution is -2.16. The molecule has 0 amide bonds. The molecular formula is C17H15FN2O. The van der Waals surface area contributed by atoms with Crippen molar-refractivity contribution in [2.24, 2.45) is 0 Å². The summed E-state index contributed by atoms with van der Waals surface area (Å²) >= 11 is 0. The Labute approximate surface area is 123 Å². The number of rotatable bonds is 5. The zero-order chi connectivity index (χ0) is 15.2. The lowest BCUT2D eigenvalue weighted by molar-refractivity contribution is -0.116. The molecule has 0 radical (unpaired) electrons. The van der Waals surface area contributed by atoms with Crippen molar-refractivity contribution in [3.8, 4) is 6.07 Å². The maximum atomic E-state index is 13.4. The van der Waals surface area contributed by atoms with Crippen LogP contribution < -0.4 is 5.32 Å². The molecule has 2 aromatic carbocycles. The molecule has 21 heavy (non-hydrogen) atoms. The second-order valence-electron chi connectivity index (χ2n) is 4.84. The van der Waals surface area contributed by atoms with Crippen LogP contribution in [0, 0.1) is 24.1 Å². The Morgan fingerprint density at radius 3 is 2.57 bits per heavy atom. The fourth-order valence-corrected chi connectivity index (χ4v) is 1.89. The fourth-order valence-electron chi connectivity index (χ4n) is 1.89. The van der Waals surface area contributed by atoms with Gasteiger partial charge in [0.2, 0.25) is 0 Å². The highest BCUT2D eigenvalue weighted by molar-refractivity contribution is 5.85. The summed E-state index contributed by atoms with van der Waals surface area (Å²) in [6, 6.07) is 13.7. The molecule has 0 aliphatic heterocycles. The summed E-state index contributed by atoms with van der Waals surface area (Å²) in [4.78, 5) is 11.9. The molecule has 0 unspecified atom stereocenters. The third-order valence-electron chi connectivity index (χ3n) is 3.15. The van der Waals surface area contributed by atoms with E-state index in [4.69, 9.17) is 5.26 Å². The van der Waals surface area contributed by atoms with Gasteiger partial charge < -0.3 is 5.32 Å². The number of aryl methyl sites for hydroxylation is 1. The third kappa shape index (κ3) is 4.15. The van der Waals surface area contributed by atoms with E-state index in [1.807, 2.05) is 6.07 Å². The van der Waals surface area contributed by atoms with Crippen LogP contribution in [-0.4, -0.2) is 12.3 Å². The normalized spacial score (nSPS) is 9.95. The molecule has 0 heterocycles. The van der Waals surface area contributed by atoms with E-state index in [1.165, 1.54) is 6.07 Å². The Morgan fingerprint density at radius 1 is 1.24 bits per heavy atom. The molecule has 0 aliphatic carbocycles. The third-order valence-corrected chi connectivity index (χ3v) is 3.15. The van der Waals surface area contributed by atoms with Crippen LogP contribution in [0.5, 0.6) is 0 Å². The number of hydrogen-bond acceptors (Lipinski definition) is 3. The standard InChI is InChI=1S/C17H15FN2O/c1-12-2-7-15(9-17(12)18)20-11-16(21)8-13-3-5-14(10-19)6-4-13/h2-7,9,20H,8,11H2,1H3. The van der Waals surface area contributed by atoms with E-state index in [2.05, 4.69) is 5.32 Å². The highest BCUT2D eigenvalue weighted by atomic mass is 19.1. The number of anilines is 1. The van der Waals surface area contributed by atoms with Gasteiger partial charge in [0.15, 0.2) is 5.78 Å². The first kappa shape index (κ1) is 14.7. The van der Waals surface area contributed by atoms with Gasteiger partial charge in [-0.3, -0.25) is 4.79 Å². The lowest BCUT2D eigenvalue weighted by Gasteiger charge is -2.07. The Bertz CT molecular complexity index is 687. The van der Waals surface area contributed by atoms with Crippen LogP contribution in [0.1, 0.15) is 16.7 Å². The number of hydrogen-bond donors (Lipinski definition) is 1. The Hall–Kier alpha value is -2.67. The highest BCUT2D eigenvalue weighted by Crippen LogP contribution is 2.13. The first-order valence-corrected chi connectivity index (χ1v) is 6.59. The summed E-state index contributed by atoms with van der Waals surface area (Å²) < 4.78 is 13.4. The number of ketones is 1. The van der Waals surface area contributed by atoms with Crippen molar-refractivity contribution in [3.63, 3.8) is 0 Å². The van der Waals surface area contributed by atoms with Crippen LogP contribution in [0.2, 0.25) is 0 Å². The lowest BCUT2D eigenvalue weighted by atomic mass is 10.1. The topological polar surface area (TPSA) is 52.9 Å². The molecule has 106 valence electrons. The summed E-state index contributed by atoms with van der Waals surface area (Å²) in [6.45, 7) is 1.83. The summed E-state index contributed by atoms with van der Waals surface area (Å²) in [7, 11) is 0. The molecule has 0 saturated carbocycles. The smallest absolute Gasteiger partial charge is 0.156 e.